The first-order chi connectivity index (χ1) is 9.66. The Bertz CT molecular complexity index is 434. The summed E-state index contributed by atoms with van der Waals surface area (Å²) in [5.74, 6) is 0.113. The summed E-state index contributed by atoms with van der Waals surface area (Å²) in [6.07, 6.45) is 8.31. The van der Waals surface area contributed by atoms with E-state index in [2.05, 4.69) is 10.3 Å². The molecule has 4 heteroatoms. The molecule has 20 heavy (non-hydrogen) atoms. The van der Waals surface area contributed by atoms with Crippen LogP contribution in [0, 0.1) is 12.3 Å². The fraction of sp³-hybridized carbons (Fsp3) is 0.625. The molecule has 1 aromatic rings. The summed E-state index contributed by atoms with van der Waals surface area (Å²) >= 11 is 0. The molecule has 3 N–H and O–H groups in total. The number of aryl methyl sites for hydroxylation is 1. The Morgan fingerprint density at radius 2 is 2.00 bits per heavy atom. The minimum atomic E-state index is -0.353. The van der Waals surface area contributed by atoms with Gasteiger partial charge in [-0.2, -0.15) is 0 Å². The largest absolute Gasteiger partial charge is 0.351 e. The predicted octanol–water partition coefficient (Wildman–Crippen LogP) is 2.31. The minimum absolute atomic E-state index is 0.113. The van der Waals surface area contributed by atoms with E-state index in [0.717, 1.165) is 36.9 Å². The van der Waals surface area contributed by atoms with Gasteiger partial charge in [0.05, 0.1) is 5.41 Å². The Kier molecular flexibility index (Phi) is 5.12. The Balaban J connectivity index is 1.96. The number of nitrogens with zero attached hydrogens (tertiary/aromatic N) is 1. The summed E-state index contributed by atoms with van der Waals surface area (Å²) in [6, 6.07) is 3.97. The van der Waals surface area contributed by atoms with Crippen LogP contribution >= 0.6 is 0 Å². The van der Waals surface area contributed by atoms with Crippen LogP contribution in [0.5, 0.6) is 0 Å². The van der Waals surface area contributed by atoms with Gasteiger partial charge in [-0.25, -0.2) is 0 Å². The first kappa shape index (κ1) is 15.0. The van der Waals surface area contributed by atoms with Gasteiger partial charge in [-0.1, -0.05) is 31.7 Å². The third-order valence-electron chi connectivity index (χ3n) is 4.36. The number of carbonyl (C=O) groups excluding carboxylic acids is 1. The molecule has 1 saturated carbocycles. The molecular formula is C16H25N3O. The highest BCUT2D eigenvalue weighted by Crippen LogP contribution is 2.34. The van der Waals surface area contributed by atoms with Gasteiger partial charge >= 0.3 is 0 Å². The van der Waals surface area contributed by atoms with Crippen molar-refractivity contribution in [2.45, 2.75) is 52.0 Å². The van der Waals surface area contributed by atoms with Crippen LogP contribution in [0.1, 0.15) is 49.8 Å². The number of pyridine rings is 1. The van der Waals surface area contributed by atoms with E-state index in [1.54, 1.807) is 0 Å². The van der Waals surface area contributed by atoms with Crippen molar-refractivity contribution in [2.75, 3.05) is 6.54 Å². The first-order valence-electron chi connectivity index (χ1n) is 7.56. The minimum Gasteiger partial charge on any atom is -0.351 e. The lowest BCUT2D eigenvalue weighted by Gasteiger charge is -2.29. The number of rotatable bonds is 4. The molecule has 1 heterocycles. The predicted molar refractivity (Wildman–Crippen MR) is 80.0 cm³/mol. The van der Waals surface area contributed by atoms with Gasteiger partial charge in [0.2, 0.25) is 5.91 Å². The maximum atomic E-state index is 12.5. The van der Waals surface area contributed by atoms with E-state index in [0.29, 0.717) is 13.1 Å². The average molecular weight is 275 g/mol. The van der Waals surface area contributed by atoms with Gasteiger partial charge in [-0.3, -0.25) is 9.78 Å². The number of carbonyl (C=O) groups is 1. The van der Waals surface area contributed by atoms with E-state index in [9.17, 15) is 4.79 Å². The second-order valence-corrected chi connectivity index (χ2v) is 5.89. The molecule has 2 rings (SSSR count). The van der Waals surface area contributed by atoms with E-state index >= 15 is 0 Å². The molecule has 1 aromatic heterocycles. The van der Waals surface area contributed by atoms with Gasteiger partial charge in [-0.15, -0.1) is 0 Å². The van der Waals surface area contributed by atoms with Crippen molar-refractivity contribution in [1.29, 1.82) is 0 Å². The summed E-state index contributed by atoms with van der Waals surface area (Å²) in [5, 5.41) is 3.05. The van der Waals surface area contributed by atoms with E-state index in [1.807, 2.05) is 25.3 Å². The number of hydrogen-bond acceptors (Lipinski definition) is 3. The highest BCUT2D eigenvalue weighted by atomic mass is 16.2. The number of nitrogens with two attached hydrogens (primary N) is 1. The van der Waals surface area contributed by atoms with Gasteiger partial charge in [0.15, 0.2) is 0 Å². The molecule has 0 unspecified atom stereocenters. The molecule has 0 aliphatic heterocycles. The van der Waals surface area contributed by atoms with Crippen molar-refractivity contribution in [2.24, 2.45) is 11.1 Å². The standard InChI is InChI=1S/C16H25N3O/c1-13-6-7-14(10-18-13)11-19-15(20)16(12-17)8-4-2-3-5-9-16/h6-7,10H,2-5,8-9,11-12,17H2,1H3,(H,19,20). The van der Waals surface area contributed by atoms with Crippen LogP contribution in [0.2, 0.25) is 0 Å². The molecule has 1 fully saturated rings. The molecule has 1 aliphatic rings. The molecule has 0 radical (unpaired) electrons. The molecule has 4 nitrogen and oxygen atoms in total. The van der Waals surface area contributed by atoms with Crippen LogP contribution < -0.4 is 11.1 Å². The Morgan fingerprint density at radius 3 is 2.55 bits per heavy atom. The normalized spacial score (nSPS) is 18.3. The maximum Gasteiger partial charge on any atom is 0.227 e. The molecule has 1 aliphatic carbocycles. The van der Waals surface area contributed by atoms with Crippen molar-refractivity contribution in [3.05, 3.63) is 29.6 Å². The zero-order valence-corrected chi connectivity index (χ0v) is 12.3. The van der Waals surface area contributed by atoms with Gasteiger partial charge < -0.3 is 11.1 Å². The average Bonchev–Trinajstić information content (AvgIpc) is 2.73. The highest BCUT2D eigenvalue weighted by Gasteiger charge is 2.36. The molecule has 1 amide bonds. The van der Waals surface area contributed by atoms with E-state index in [1.165, 1.54) is 12.8 Å². The van der Waals surface area contributed by atoms with Gasteiger partial charge in [0, 0.05) is 25.0 Å². The number of amides is 1. The zero-order valence-electron chi connectivity index (χ0n) is 12.3. The lowest BCUT2D eigenvalue weighted by Crippen LogP contribution is -2.45. The Labute approximate surface area is 121 Å². The summed E-state index contributed by atoms with van der Waals surface area (Å²) in [4.78, 5) is 16.8. The van der Waals surface area contributed by atoms with Crippen LogP contribution in [-0.2, 0) is 11.3 Å². The molecule has 0 saturated heterocycles. The van der Waals surface area contributed by atoms with E-state index in [-0.39, 0.29) is 11.3 Å². The third-order valence-corrected chi connectivity index (χ3v) is 4.36. The van der Waals surface area contributed by atoms with Crippen LogP contribution in [0.3, 0.4) is 0 Å². The lowest BCUT2D eigenvalue weighted by molar-refractivity contribution is -0.131. The van der Waals surface area contributed by atoms with Crippen LogP contribution in [0.15, 0.2) is 18.3 Å². The van der Waals surface area contributed by atoms with Crippen molar-refractivity contribution < 1.29 is 4.79 Å². The fourth-order valence-corrected chi connectivity index (χ4v) is 2.90. The van der Waals surface area contributed by atoms with Crippen molar-refractivity contribution >= 4 is 5.91 Å². The molecule has 0 aromatic carbocycles. The summed E-state index contributed by atoms with van der Waals surface area (Å²) in [6.45, 7) is 2.94. The van der Waals surface area contributed by atoms with Gasteiger partial charge in [0.1, 0.15) is 0 Å². The second-order valence-electron chi connectivity index (χ2n) is 5.89. The van der Waals surface area contributed by atoms with Crippen molar-refractivity contribution in [3.63, 3.8) is 0 Å². The number of hydrogen-bond donors (Lipinski definition) is 2. The lowest BCUT2D eigenvalue weighted by atomic mass is 9.79. The van der Waals surface area contributed by atoms with Gasteiger partial charge in [0.25, 0.3) is 0 Å². The van der Waals surface area contributed by atoms with Crippen LogP contribution in [0.4, 0.5) is 0 Å². The van der Waals surface area contributed by atoms with E-state index in [4.69, 9.17) is 5.73 Å². The Hall–Kier alpha value is -1.42. The SMILES string of the molecule is Cc1ccc(CNC(=O)C2(CN)CCCCCC2)cn1. The van der Waals surface area contributed by atoms with Gasteiger partial charge in [-0.05, 0) is 31.4 Å². The summed E-state index contributed by atoms with van der Waals surface area (Å²) in [7, 11) is 0. The molecule has 0 bridgehead atoms. The van der Waals surface area contributed by atoms with Crippen LogP contribution in [-0.4, -0.2) is 17.4 Å². The van der Waals surface area contributed by atoms with Crippen LogP contribution in [0.25, 0.3) is 0 Å². The van der Waals surface area contributed by atoms with Crippen molar-refractivity contribution in [3.8, 4) is 0 Å². The van der Waals surface area contributed by atoms with Crippen molar-refractivity contribution in [1.82, 2.24) is 10.3 Å². The fourth-order valence-electron chi connectivity index (χ4n) is 2.90. The first-order valence-corrected chi connectivity index (χ1v) is 7.56. The number of nitrogens with one attached hydrogen (secondary N) is 1. The molecular weight excluding hydrogens is 250 g/mol. The Morgan fingerprint density at radius 1 is 1.30 bits per heavy atom. The number of aromatic nitrogens is 1. The monoisotopic (exact) mass is 275 g/mol. The second kappa shape index (κ2) is 6.84. The zero-order chi connectivity index (χ0) is 14.4. The highest BCUT2D eigenvalue weighted by molar-refractivity contribution is 5.82. The third kappa shape index (κ3) is 3.57. The smallest absolute Gasteiger partial charge is 0.227 e. The topological polar surface area (TPSA) is 68.0 Å². The molecule has 0 spiro atoms. The summed E-state index contributed by atoms with van der Waals surface area (Å²) < 4.78 is 0. The quantitative estimate of drug-likeness (QED) is 0.829. The maximum absolute atomic E-state index is 12.5. The molecule has 110 valence electrons. The van der Waals surface area contributed by atoms with E-state index < -0.39 is 0 Å². The molecule has 0 atom stereocenters. The summed E-state index contributed by atoms with van der Waals surface area (Å²) in [5.41, 5.74) is 7.59.